The minimum Gasteiger partial charge on any atom is -0.377 e. The molecule has 0 radical (unpaired) electrons. The zero-order valence-corrected chi connectivity index (χ0v) is 10.7. The topological polar surface area (TPSA) is 97.2 Å². The van der Waals surface area contributed by atoms with E-state index in [0.29, 0.717) is 23.2 Å². The summed E-state index contributed by atoms with van der Waals surface area (Å²) in [5.41, 5.74) is 0.248. The smallest absolute Gasteiger partial charge is 0.311 e. The monoisotopic (exact) mass is 302 g/mol. The lowest BCUT2D eigenvalue weighted by Gasteiger charge is -2.08. The number of hydrogen-bond donors (Lipinski definition) is 2. The molecule has 92 valence electrons. The van der Waals surface area contributed by atoms with E-state index in [1.807, 2.05) is 0 Å². The van der Waals surface area contributed by atoms with Gasteiger partial charge in [-0.2, -0.15) is 0 Å². The number of nitrogens with one attached hydrogen (secondary N) is 2. The third kappa shape index (κ3) is 3.99. The number of halogens is 1. The average molecular weight is 303 g/mol. The molecule has 1 amide bonds. The van der Waals surface area contributed by atoms with Crippen molar-refractivity contribution in [2.75, 3.05) is 18.4 Å². The Morgan fingerprint density at radius 3 is 2.82 bits per heavy atom. The molecule has 7 nitrogen and oxygen atoms in total. The predicted molar refractivity (Wildman–Crippen MR) is 65.8 cm³/mol. The molecule has 1 rings (SSSR count). The van der Waals surface area contributed by atoms with E-state index in [1.54, 1.807) is 0 Å². The van der Waals surface area contributed by atoms with Gasteiger partial charge in [0.05, 0.1) is 9.40 Å². The van der Waals surface area contributed by atoms with Crippen LogP contribution >= 0.6 is 15.9 Å². The lowest BCUT2D eigenvalue weighted by molar-refractivity contribution is -0.384. The molecule has 0 atom stereocenters. The second-order valence-corrected chi connectivity index (χ2v) is 4.04. The number of amides is 1. The van der Waals surface area contributed by atoms with Crippen molar-refractivity contribution in [3.63, 3.8) is 0 Å². The van der Waals surface area contributed by atoms with Gasteiger partial charge in [0, 0.05) is 26.2 Å². The largest absolute Gasteiger partial charge is 0.377 e. The molecule has 0 unspecified atom stereocenters. The molecule has 0 aliphatic carbocycles. The fourth-order valence-electron chi connectivity index (χ4n) is 1.16. The quantitative estimate of drug-likeness (QED) is 0.485. The minimum absolute atomic E-state index is 0.109. The highest BCUT2D eigenvalue weighted by Crippen LogP contribution is 2.30. The molecular weight excluding hydrogens is 292 g/mol. The molecule has 0 saturated heterocycles. The van der Waals surface area contributed by atoms with Crippen molar-refractivity contribution in [1.29, 1.82) is 0 Å². The van der Waals surface area contributed by atoms with Crippen LogP contribution in [0.4, 0.5) is 11.4 Å². The number of carbonyl (C=O) groups is 1. The number of rotatable bonds is 5. The lowest BCUT2D eigenvalue weighted by Crippen LogP contribution is -2.26. The Morgan fingerprint density at radius 2 is 2.24 bits per heavy atom. The summed E-state index contributed by atoms with van der Waals surface area (Å²) >= 11 is 3.18. The first-order chi connectivity index (χ1) is 8.02. The fourth-order valence-corrected chi connectivity index (χ4v) is 1.63. The van der Waals surface area contributed by atoms with Gasteiger partial charge in [0.25, 0.3) is 0 Å². The third-order valence-corrected chi connectivity index (χ3v) is 2.48. The highest BCUT2D eigenvalue weighted by Gasteiger charge is 2.16. The van der Waals surface area contributed by atoms with E-state index in [1.165, 1.54) is 19.3 Å². The summed E-state index contributed by atoms with van der Waals surface area (Å²) in [6.07, 6.45) is 2.64. The molecule has 1 aromatic rings. The summed E-state index contributed by atoms with van der Waals surface area (Å²) in [5, 5.41) is 16.2. The van der Waals surface area contributed by atoms with Crippen molar-refractivity contribution in [3.8, 4) is 0 Å². The Morgan fingerprint density at radius 1 is 1.53 bits per heavy atom. The van der Waals surface area contributed by atoms with E-state index >= 15 is 0 Å². The van der Waals surface area contributed by atoms with Gasteiger partial charge in [0.2, 0.25) is 5.91 Å². The normalized spacial score (nSPS) is 9.76. The molecule has 1 heterocycles. The summed E-state index contributed by atoms with van der Waals surface area (Å²) in [7, 11) is 0. The fraction of sp³-hybridized carbons (Fsp3) is 0.333. The number of pyridine rings is 1. The van der Waals surface area contributed by atoms with E-state index in [0.717, 1.165) is 0 Å². The van der Waals surface area contributed by atoms with Crippen LogP contribution in [-0.2, 0) is 4.79 Å². The van der Waals surface area contributed by atoms with E-state index in [-0.39, 0.29) is 11.6 Å². The van der Waals surface area contributed by atoms with Crippen molar-refractivity contribution in [3.05, 3.63) is 27.0 Å². The van der Waals surface area contributed by atoms with Gasteiger partial charge in [-0.15, -0.1) is 0 Å². The van der Waals surface area contributed by atoms with Crippen molar-refractivity contribution in [2.24, 2.45) is 0 Å². The molecule has 0 saturated carbocycles. The van der Waals surface area contributed by atoms with Gasteiger partial charge in [-0.05, 0) is 15.9 Å². The first-order valence-corrected chi connectivity index (χ1v) is 5.58. The van der Waals surface area contributed by atoms with E-state index in [4.69, 9.17) is 0 Å². The molecule has 1 aromatic heterocycles. The van der Waals surface area contributed by atoms with Crippen LogP contribution in [0.3, 0.4) is 0 Å². The van der Waals surface area contributed by atoms with Crippen LogP contribution in [0.25, 0.3) is 0 Å². The first kappa shape index (κ1) is 13.4. The van der Waals surface area contributed by atoms with Crippen molar-refractivity contribution >= 4 is 33.2 Å². The third-order valence-electron chi connectivity index (χ3n) is 1.88. The number of nitrogens with zero attached hydrogens (tertiary/aromatic N) is 2. The Kier molecular flexibility index (Phi) is 4.83. The standard InChI is InChI=1S/C9H11BrN4O3/c1-6(15)12-2-3-13-9-7(10)4-11-5-8(9)14(16)17/h4-5H,2-3H2,1H3,(H,11,13)(H,12,15). The number of nitro groups is 1. The molecule has 0 aliphatic heterocycles. The highest BCUT2D eigenvalue weighted by molar-refractivity contribution is 9.10. The maximum absolute atomic E-state index is 10.7. The van der Waals surface area contributed by atoms with Crippen molar-refractivity contribution < 1.29 is 9.72 Å². The molecular formula is C9H11BrN4O3. The van der Waals surface area contributed by atoms with Gasteiger partial charge in [0.1, 0.15) is 11.9 Å². The van der Waals surface area contributed by atoms with Crippen molar-refractivity contribution in [2.45, 2.75) is 6.92 Å². The molecule has 0 spiro atoms. The second kappa shape index (κ2) is 6.14. The second-order valence-electron chi connectivity index (χ2n) is 3.18. The van der Waals surface area contributed by atoms with Gasteiger partial charge >= 0.3 is 5.69 Å². The van der Waals surface area contributed by atoms with Crippen LogP contribution in [0.5, 0.6) is 0 Å². The maximum atomic E-state index is 10.7. The summed E-state index contributed by atoms with van der Waals surface area (Å²) < 4.78 is 0.509. The first-order valence-electron chi connectivity index (χ1n) is 4.78. The molecule has 0 aliphatic rings. The molecule has 2 N–H and O–H groups in total. The Hall–Kier alpha value is -1.70. The Balaban J connectivity index is 2.69. The summed E-state index contributed by atoms with van der Waals surface area (Å²) in [6, 6.07) is 0. The molecule has 0 fully saturated rings. The number of carbonyl (C=O) groups excluding carboxylic acids is 1. The molecule has 8 heteroatoms. The van der Waals surface area contributed by atoms with Gasteiger partial charge < -0.3 is 10.6 Å². The maximum Gasteiger partial charge on any atom is 0.311 e. The number of anilines is 1. The van der Waals surface area contributed by atoms with E-state index < -0.39 is 4.92 Å². The lowest BCUT2D eigenvalue weighted by atomic mass is 10.3. The Bertz CT molecular complexity index is 438. The zero-order chi connectivity index (χ0) is 12.8. The SMILES string of the molecule is CC(=O)NCCNc1c(Br)cncc1[N+](=O)[O-]. The van der Waals surface area contributed by atoms with E-state index in [2.05, 4.69) is 31.5 Å². The van der Waals surface area contributed by atoms with Crippen LogP contribution in [0, 0.1) is 10.1 Å². The van der Waals surface area contributed by atoms with Crippen LogP contribution in [0.15, 0.2) is 16.9 Å². The van der Waals surface area contributed by atoms with E-state index in [9.17, 15) is 14.9 Å². The predicted octanol–water partition coefficient (Wildman–Crippen LogP) is 1.30. The molecule has 0 aromatic carbocycles. The zero-order valence-electron chi connectivity index (χ0n) is 9.07. The average Bonchev–Trinajstić information content (AvgIpc) is 2.25. The highest BCUT2D eigenvalue weighted by atomic mass is 79.9. The van der Waals surface area contributed by atoms with Crippen LogP contribution in [-0.4, -0.2) is 28.9 Å². The minimum atomic E-state index is -0.515. The van der Waals surface area contributed by atoms with Gasteiger partial charge in [-0.3, -0.25) is 19.9 Å². The number of hydrogen-bond acceptors (Lipinski definition) is 5. The van der Waals surface area contributed by atoms with Gasteiger partial charge in [-0.25, -0.2) is 0 Å². The van der Waals surface area contributed by atoms with Crippen LogP contribution in [0.1, 0.15) is 6.92 Å². The Labute approximate surface area is 106 Å². The summed E-state index contributed by atoms with van der Waals surface area (Å²) in [6.45, 7) is 2.19. The molecule has 17 heavy (non-hydrogen) atoms. The van der Waals surface area contributed by atoms with Gasteiger partial charge in [-0.1, -0.05) is 0 Å². The molecule has 0 bridgehead atoms. The van der Waals surface area contributed by atoms with Crippen LogP contribution in [0.2, 0.25) is 0 Å². The number of aromatic nitrogens is 1. The summed E-state index contributed by atoms with van der Waals surface area (Å²) in [5.74, 6) is -0.143. The van der Waals surface area contributed by atoms with Crippen molar-refractivity contribution in [1.82, 2.24) is 10.3 Å². The van der Waals surface area contributed by atoms with Crippen LogP contribution < -0.4 is 10.6 Å². The summed E-state index contributed by atoms with van der Waals surface area (Å²) in [4.78, 5) is 24.6. The van der Waals surface area contributed by atoms with Gasteiger partial charge in [0.15, 0.2) is 0 Å².